The monoisotopic (exact) mass is 308 g/mol. The molecule has 4 saturated heterocycles. The predicted molar refractivity (Wildman–Crippen MR) is 84.0 cm³/mol. The molecule has 0 saturated carbocycles. The van der Waals surface area contributed by atoms with E-state index in [9.17, 15) is 0 Å². The van der Waals surface area contributed by atoms with Gasteiger partial charge in [0.15, 0.2) is 0 Å². The van der Waals surface area contributed by atoms with E-state index in [1.54, 1.807) is 6.21 Å². The van der Waals surface area contributed by atoms with Crippen LogP contribution in [0.25, 0.3) is 0 Å². The average molecular weight is 308 g/mol. The molecule has 0 aromatic heterocycles. The first-order chi connectivity index (χ1) is 10.8. The molecule has 4 fully saturated rings. The van der Waals surface area contributed by atoms with Crippen molar-refractivity contribution in [2.75, 3.05) is 26.2 Å². The van der Waals surface area contributed by atoms with Crippen molar-refractivity contribution in [3.8, 4) is 0 Å². The number of hydrogen-bond acceptors (Lipinski definition) is 6. The number of rotatable bonds is 3. The van der Waals surface area contributed by atoms with E-state index in [-0.39, 0.29) is 0 Å². The van der Waals surface area contributed by atoms with Gasteiger partial charge in [-0.25, -0.2) is 0 Å². The molecule has 0 spiro atoms. The molecular formula is C16H28N4O2. The average Bonchev–Trinajstić information content (AvgIpc) is 3.23. The Morgan fingerprint density at radius 2 is 2.05 bits per heavy atom. The molecule has 0 aromatic rings. The van der Waals surface area contributed by atoms with Crippen LogP contribution in [0.15, 0.2) is 5.16 Å². The molecule has 5 atom stereocenters. The van der Waals surface area contributed by atoms with Crippen molar-refractivity contribution >= 4 is 6.21 Å². The zero-order valence-electron chi connectivity index (χ0n) is 13.5. The quantitative estimate of drug-likeness (QED) is 0.481. The van der Waals surface area contributed by atoms with E-state index in [0.717, 1.165) is 19.5 Å². The summed E-state index contributed by atoms with van der Waals surface area (Å²) in [6.45, 7) is 6.60. The highest BCUT2D eigenvalue weighted by Gasteiger charge is 2.49. The molecular weight excluding hydrogens is 280 g/mol. The minimum absolute atomic E-state index is 0.307. The molecule has 0 aromatic carbocycles. The molecule has 4 aliphatic rings. The highest BCUT2D eigenvalue weighted by atomic mass is 16.7. The van der Waals surface area contributed by atoms with E-state index in [2.05, 4.69) is 26.9 Å². The fraction of sp³-hybridized carbons (Fsp3) is 0.938. The standard InChI is InChI=1S/C16H28N4O2/c1-12-14-4-2-8-19(14)11-13-10-16(22-20(12)13)15-5-3-7-18(15)9-6-17-21/h6,12-16,21H,2-5,7-11H2,1H3/t12?,13?,14-,15?,16?/m0/s1. The van der Waals surface area contributed by atoms with Gasteiger partial charge in [-0.2, -0.15) is 5.06 Å². The minimum atomic E-state index is 0.307. The summed E-state index contributed by atoms with van der Waals surface area (Å²) in [5.74, 6) is 0. The molecule has 4 rings (SSSR count). The summed E-state index contributed by atoms with van der Waals surface area (Å²) < 4.78 is 0. The van der Waals surface area contributed by atoms with Gasteiger partial charge in [0.1, 0.15) is 0 Å². The van der Waals surface area contributed by atoms with Crippen LogP contribution in [0, 0.1) is 0 Å². The van der Waals surface area contributed by atoms with Crippen molar-refractivity contribution in [2.24, 2.45) is 5.16 Å². The van der Waals surface area contributed by atoms with Gasteiger partial charge in [-0.3, -0.25) is 14.6 Å². The SMILES string of the molecule is CC1[C@@H]2CCCN2CC2CC(C3CCCN3CC=NO)ON21. The maximum atomic E-state index is 8.67. The second-order valence-corrected chi connectivity index (χ2v) is 7.34. The van der Waals surface area contributed by atoms with Crippen molar-refractivity contribution in [3.63, 3.8) is 0 Å². The topological polar surface area (TPSA) is 51.5 Å². The Morgan fingerprint density at radius 3 is 2.91 bits per heavy atom. The molecule has 0 bridgehead atoms. The van der Waals surface area contributed by atoms with Crippen molar-refractivity contribution in [1.82, 2.24) is 14.9 Å². The number of fused-ring (bicyclic) bond motifs is 2. The first kappa shape index (κ1) is 14.9. The summed E-state index contributed by atoms with van der Waals surface area (Å²) in [5, 5.41) is 14.2. The van der Waals surface area contributed by atoms with Crippen LogP contribution in [0.5, 0.6) is 0 Å². The van der Waals surface area contributed by atoms with E-state index >= 15 is 0 Å². The zero-order chi connectivity index (χ0) is 15.1. The van der Waals surface area contributed by atoms with Gasteiger partial charge in [-0.15, -0.1) is 5.16 Å². The number of hydroxylamine groups is 2. The molecule has 4 aliphatic heterocycles. The summed E-state index contributed by atoms with van der Waals surface area (Å²) >= 11 is 0. The Morgan fingerprint density at radius 1 is 1.23 bits per heavy atom. The number of oxime groups is 1. The van der Waals surface area contributed by atoms with Crippen molar-refractivity contribution in [2.45, 2.75) is 69.3 Å². The van der Waals surface area contributed by atoms with Crippen LogP contribution in [0.4, 0.5) is 0 Å². The summed E-state index contributed by atoms with van der Waals surface area (Å²) in [4.78, 5) is 11.5. The molecule has 4 unspecified atom stereocenters. The van der Waals surface area contributed by atoms with E-state index in [4.69, 9.17) is 10.0 Å². The fourth-order valence-corrected chi connectivity index (χ4v) is 5.17. The van der Waals surface area contributed by atoms with E-state index < -0.39 is 0 Å². The van der Waals surface area contributed by atoms with Crippen LogP contribution in [-0.2, 0) is 4.84 Å². The lowest BCUT2D eigenvalue weighted by Crippen LogP contribution is -2.58. The molecule has 124 valence electrons. The van der Waals surface area contributed by atoms with Gasteiger partial charge in [0.25, 0.3) is 0 Å². The second-order valence-electron chi connectivity index (χ2n) is 7.34. The summed E-state index contributed by atoms with van der Waals surface area (Å²) in [5.41, 5.74) is 0. The van der Waals surface area contributed by atoms with Gasteiger partial charge in [0.2, 0.25) is 0 Å². The van der Waals surface area contributed by atoms with Crippen LogP contribution in [0.3, 0.4) is 0 Å². The number of nitrogens with zero attached hydrogens (tertiary/aromatic N) is 4. The van der Waals surface area contributed by atoms with Crippen LogP contribution < -0.4 is 0 Å². The fourth-order valence-electron chi connectivity index (χ4n) is 5.17. The molecule has 0 amide bonds. The highest BCUT2D eigenvalue weighted by Crippen LogP contribution is 2.38. The van der Waals surface area contributed by atoms with Crippen LogP contribution in [0.2, 0.25) is 0 Å². The molecule has 6 nitrogen and oxygen atoms in total. The van der Waals surface area contributed by atoms with Crippen LogP contribution >= 0.6 is 0 Å². The molecule has 6 heteroatoms. The van der Waals surface area contributed by atoms with Gasteiger partial charge in [-0.05, 0) is 52.1 Å². The molecule has 22 heavy (non-hydrogen) atoms. The number of likely N-dealkylation sites (tertiary alicyclic amines) is 1. The molecule has 4 heterocycles. The Bertz CT molecular complexity index is 432. The number of piperazine rings is 1. The maximum Gasteiger partial charge on any atom is 0.0964 e. The summed E-state index contributed by atoms with van der Waals surface area (Å²) in [6.07, 6.45) is 8.13. The van der Waals surface area contributed by atoms with Crippen LogP contribution in [0.1, 0.15) is 39.0 Å². The first-order valence-electron chi connectivity index (χ1n) is 8.87. The van der Waals surface area contributed by atoms with Gasteiger partial charge < -0.3 is 5.21 Å². The number of hydrogen-bond donors (Lipinski definition) is 1. The highest BCUT2D eigenvalue weighted by molar-refractivity contribution is 5.58. The third-order valence-electron chi connectivity index (χ3n) is 6.18. The molecule has 0 radical (unpaired) electrons. The lowest BCUT2D eigenvalue weighted by Gasteiger charge is -2.43. The van der Waals surface area contributed by atoms with Crippen molar-refractivity contribution in [3.05, 3.63) is 0 Å². The summed E-state index contributed by atoms with van der Waals surface area (Å²) in [7, 11) is 0. The molecule has 0 aliphatic carbocycles. The van der Waals surface area contributed by atoms with Gasteiger partial charge in [0.05, 0.1) is 18.4 Å². The van der Waals surface area contributed by atoms with Gasteiger partial charge >= 0.3 is 0 Å². The molecule has 1 N–H and O–H groups in total. The Balaban J connectivity index is 1.43. The first-order valence-corrected chi connectivity index (χ1v) is 8.87. The predicted octanol–water partition coefficient (Wildman–Crippen LogP) is 1.15. The smallest absolute Gasteiger partial charge is 0.0964 e. The lowest BCUT2D eigenvalue weighted by atomic mass is 9.97. The second kappa shape index (κ2) is 6.07. The normalized spacial score (nSPS) is 44.0. The van der Waals surface area contributed by atoms with Crippen LogP contribution in [-0.4, -0.2) is 82.7 Å². The third kappa shape index (κ3) is 2.46. The maximum absolute atomic E-state index is 8.67. The van der Waals surface area contributed by atoms with E-state index in [1.165, 1.54) is 38.8 Å². The summed E-state index contributed by atoms with van der Waals surface area (Å²) in [6, 6.07) is 2.24. The van der Waals surface area contributed by atoms with Crippen molar-refractivity contribution < 1.29 is 10.0 Å². The minimum Gasteiger partial charge on any atom is -0.411 e. The third-order valence-corrected chi connectivity index (χ3v) is 6.18. The van der Waals surface area contributed by atoms with Gasteiger partial charge in [-0.1, -0.05) is 0 Å². The zero-order valence-corrected chi connectivity index (χ0v) is 13.5. The Hall–Kier alpha value is -0.690. The van der Waals surface area contributed by atoms with Crippen molar-refractivity contribution in [1.29, 1.82) is 0 Å². The Kier molecular flexibility index (Phi) is 4.11. The largest absolute Gasteiger partial charge is 0.411 e. The van der Waals surface area contributed by atoms with Gasteiger partial charge in [0, 0.05) is 31.2 Å². The lowest BCUT2D eigenvalue weighted by molar-refractivity contribution is -0.221. The Labute approximate surface area is 132 Å². The van der Waals surface area contributed by atoms with E-state index in [1.807, 2.05) is 0 Å². The van der Waals surface area contributed by atoms with E-state index in [0.29, 0.717) is 30.3 Å².